The van der Waals surface area contributed by atoms with Gasteiger partial charge in [-0.25, -0.2) is 0 Å². The summed E-state index contributed by atoms with van der Waals surface area (Å²) in [5, 5.41) is 12.1. The smallest absolute Gasteiger partial charge is 0.164 e. The van der Waals surface area contributed by atoms with Gasteiger partial charge in [-0.15, -0.1) is 0 Å². The Hall–Kier alpha value is -2.23. The summed E-state index contributed by atoms with van der Waals surface area (Å²) in [5.41, 5.74) is 3.86. The van der Waals surface area contributed by atoms with E-state index in [1.165, 1.54) is 5.56 Å². The number of ketones is 1. The second kappa shape index (κ2) is 5.40. The minimum absolute atomic E-state index is 0.0580. The molecule has 0 spiro atoms. The van der Waals surface area contributed by atoms with Crippen molar-refractivity contribution in [1.82, 2.24) is 5.32 Å². The molecule has 4 atom stereocenters. The summed E-state index contributed by atoms with van der Waals surface area (Å²) in [6.07, 6.45) is 3.43. The highest BCUT2D eigenvalue weighted by atomic mass is 16.1. The predicted octanol–water partition coefficient (Wildman–Crippen LogP) is 4.11. The molecule has 0 radical (unpaired) electrons. The molecule has 0 bridgehead atoms. The van der Waals surface area contributed by atoms with E-state index in [0.717, 1.165) is 29.7 Å². The van der Waals surface area contributed by atoms with Crippen LogP contribution in [0.25, 0.3) is 0 Å². The topological polar surface area (TPSA) is 53.8 Å². The summed E-state index contributed by atoms with van der Waals surface area (Å²) in [7, 11) is 0. The summed E-state index contributed by atoms with van der Waals surface area (Å²) in [6, 6.07) is 10.4. The third kappa shape index (κ3) is 1.89. The fourth-order valence-electron chi connectivity index (χ4n) is 4.69. The number of carbonyl (C=O) groups is 1. The normalized spacial score (nSPS) is 34.5. The summed E-state index contributed by atoms with van der Waals surface area (Å²) >= 11 is 0. The van der Waals surface area contributed by atoms with E-state index in [9.17, 15) is 4.79 Å². The minimum atomic E-state index is -0.421. The van der Waals surface area contributed by atoms with Gasteiger partial charge in [0, 0.05) is 22.8 Å². The maximum atomic E-state index is 13.3. The second-order valence-corrected chi connectivity index (χ2v) is 7.18. The van der Waals surface area contributed by atoms with Gasteiger partial charge in [0.2, 0.25) is 0 Å². The Morgan fingerprint density at radius 2 is 1.96 bits per heavy atom. The van der Waals surface area contributed by atoms with Gasteiger partial charge < -0.3 is 5.32 Å². The lowest BCUT2D eigenvalue weighted by Crippen LogP contribution is -2.52. The molecule has 1 aromatic carbocycles. The number of rotatable bonds is 2. The van der Waals surface area contributed by atoms with Crippen molar-refractivity contribution in [3.05, 3.63) is 58.9 Å². The Kier molecular flexibility index (Phi) is 3.44. The number of allylic oxidation sites excluding steroid dienone is 2. The van der Waals surface area contributed by atoms with E-state index < -0.39 is 5.41 Å². The Bertz CT molecular complexity index is 777. The standard InChI is InChI=1S/C20H23N3O/c1-4-20(14-8-6-5-7-9-14)15-11-21-23-19(15)22-17-12(2)10-13(3)18(24)16(17)20/h5-9,11-13,19,22H,4,10H2,1-3H3/t12-,13+,19?,20-/m1/s1. The number of nitrogens with zero attached hydrogens (tertiary/aromatic N) is 2. The van der Waals surface area contributed by atoms with Gasteiger partial charge in [-0.3, -0.25) is 4.79 Å². The van der Waals surface area contributed by atoms with E-state index >= 15 is 0 Å². The molecule has 4 rings (SSSR count). The highest BCUT2D eigenvalue weighted by Crippen LogP contribution is 2.52. The van der Waals surface area contributed by atoms with Crippen LogP contribution in [0.2, 0.25) is 0 Å². The molecule has 1 N–H and O–H groups in total. The number of benzene rings is 1. The molecule has 2 aliphatic heterocycles. The maximum Gasteiger partial charge on any atom is 0.164 e. The van der Waals surface area contributed by atoms with Gasteiger partial charge in [0.1, 0.15) is 0 Å². The monoisotopic (exact) mass is 321 g/mol. The molecular weight excluding hydrogens is 298 g/mol. The van der Waals surface area contributed by atoms with Crippen LogP contribution < -0.4 is 5.32 Å². The number of carbonyl (C=O) groups excluding carboxylic acids is 1. The van der Waals surface area contributed by atoms with Crippen molar-refractivity contribution in [2.24, 2.45) is 22.1 Å². The van der Waals surface area contributed by atoms with Gasteiger partial charge >= 0.3 is 0 Å². The molecule has 0 saturated heterocycles. The first kappa shape index (κ1) is 15.3. The van der Waals surface area contributed by atoms with Crippen LogP contribution in [0.15, 0.2) is 63.6 Å². The number of azo groups is 1. The van der Waals surface area contributed by atoms with Crippen molar-refractivity contribution in [3.8, 4) is 0 Å². The quantitative estimate of drug-likeness (QED) is 0.891. The van der Waals surface area contributed by atoms with Crippen LogP contribution in [0.4, 0.5) is 0 Å². The van der Waals surface area contributed by atoms with Crippen molar-refractivity contribution < 1.29 is 4.79 Å². The molecule has 124 valence electrons. The van der Waals surface area contributed by atoms with Gasteiger partial charge in [-0.1, -0.05) is 51.1 Å². The lowest BCUT2D eigenvalue weighted by Gasteiger charge is -2.47. The van der Waals surface area contributed by atoms with Crippen LogP contribution in [0, 0.1) is 11.8 Å². The van der Waals surface area contributed by atoms with Gasteiger partial charge in [0.25, 0.3) is 0 Å². The molecule has 1 unspecified atom stereocenters. The average Bonchev–Trinajstić information content (AvgIpc) is 3.07. The molecule has 3 aliphatic rings. The first-order valence-electron chi connectivity index (χ1n) is 8.81. The molecular formula is C20H23N3O. The van der Waals surface area contributed by atoms with Gasteiger partial charge in [0.15, 0.2) is 11.9 Å². The minimum Gasteiger partial charge on any atom is -0.362 e. The lowest BCUT2D eigenvalue weighted by molar-refractivity contribution is -0.120. The molecule has 1 aliphatic carbocycles. The maximum absolute atomic E-state index is 13.3. The average molecular weight is 321 g/mol. The van der Waals surface area contributed by atoms with Gasteiger partial charge in [0.05, 0.1) is 11.6 Å². The molecule has 0 fully saturated rings. The number of fused-ring (bicyclic) bond motifs is 1. The van der Waals surface area contributed by atoms with E-state index in [2.05, 4.69) is 48.4 Å². The largest absolute Gasteiger partial charge is 0.362 e. The van der Waals surface area contributed by atoms with Gasteiger partial charge in [-0.2, -0.15) is 10.2 Å². The molecule has 2 heterocycles. The summed E-state index contributed by atoms with van der Waals surface area (Å²) in [4.78, 5) is 13.3. The Morgan fingerprint density at radius 3 is 2.67 bits per heavy atom. The molecule has 4 heteroatoms. The zero-order valence-corrected chi connectivity index (χ0v) is 14.4. The fourth-order valence-corrected chi connectivity index (χ4v) is 4.69. The van der Waals surface area contributed by atoms with E-state index in [1.807, 2.05) is 24.4 Å². The van der Waals surface area contributed by atoms with Crippen molar-refractivity contribution in [2.75, 3.05) is 0 Å². The number of nitrogens with one attached hydrogen (secondary N) is 1. The SMILES string of the molecule is CC[C@@]1(c2ccccc2)C2=CN=NC2NC2=C1C(=O)[C@@H](C)C[C@H]2C. The molecule has 0 saturated carbocycles. The van der Waals surface area contributed by atoms with Gasteiger partial charge in [-0.05, 0) is 24.3 Å². The summed E-state index contributed by atoms with van der Waals surface area (Å²) in [6.45, 7) is 6.42. The second-order valence-electron chi connectivity index (χ2n) is 7.18. The highest BCUT2D eigenvalue weighted by Gasteiger charge is 2.53. The summed E-state index contributed by atoms with van der Waals surface area (Å²) < 4.78 is 0. The molecule has 0 aromatic heterocycles. The first-order chi connectivity index (χ1) is 11.6. The summed E-state index contributed by atoms with van der Waals surface area (Å²) in [5.74, 6) is 0.662. The van der Waals surface area contributed by atoms with E-state index in [-0.39, 0.29) is 17.9 Å². The van der Waals surface area contributed by atoms with E-state index in [0.29, 0.717) is 5.92 Å². The lowest BCUT2D eigenvalue weighted by atomic mass is 9.59. The van der Waals surface area contributed by atoms with Crippen molar-refractivity contribution >= 4 is 5.78 Å². The number of hydrogen-bond acceptors (Lipinski definition) is 4. The first-order valence-corrected chi connectivity index (χ1v) is 8.81. The van der Waals surface area contributed by atoms with E-state index in [4.69, 9.17) is 0 Å². The third-order valence-corrected chi connectivity index (χ3v) is 5.85. The third-order valence-electron chi connectivity index (χ3n) is 5.85. The van der Waals surface area contributed by atoms with Crippen molar-refractivity contribution in [1.29, 1.82) is 0 Å². The van der Waals surface area contributed by atoms with Crippen LogP contribution >= 0.6 is 0 Å². The Balaban J connectivity index is 2.03. The van der Waals surface area contributed by atoms with Crippen molar-refractivity contribution in [2.45, 2.75) is 45.2 Å². The van der Waals surface area contributed by atoms with Crippen molar-refractivity contribution in [3.63, 3.8) is 0 Å². The highest BCUT2D eigenvalue weighted by molar-refractivity contribution is 6.02. The van der Waals surface area contributed by atoms with Crippen LogP contribution in [-0.2, 0) is 10.2 Å². The Morgan fingerprint density at radius 1 is 1.21 bits per heavy atom. The van der Waals surface area contributed by atoms with Crippen LogP contribution in [0.1, 0.15) is 39.2 Å². The van der Waals surface area contributed by atoms with Crippen LogP contribution in [0.5, 0.6) is 0 Å². The van der Waals surface area contributed by atoms with Crippen LogP contribution in [0.3, 0.4) is 0 Å². The Labute approximate surface area is 142 Å². The zero-order valence-electron chi connectivity index (χ0n) is 14.4. The molecule has 1 aromatic rings. The molecule has 0 amide bonds. The fraction of sp³-hybridized carbons (Fsp3) is 0.450. The zero-order chi connectivity index (χ0) is 16.9. The van der Waals surface area contributed by atoms with E-state index in [1.54, 1.807) is 0 Å². The predicted molar refractivity (Wildman–Crippen MR) is 93.3 cm³/mol. The number of Topliss-reactive ketones (excluding diaryl/α,β-unsaturated/α-hetero) is 1. The number of hydrogen-bond donors (Lipinski definition) is 1. The molecule has 4 nitrogen and oxygen atoms in total. The molecule has 24 heavy (non-hydrogen) atoms. The van der Waals surface area contributed by atoms with Crippen LogP contribution in [-0.4, -0.2) is 11.9 Å².